The summed E-state index contributed by atoms with van der Waals surface area (Å²) >= 11 is 0. The molecule has 4 rings (SSSR count). The van der Waals surface area contributed by atoms with Crippen molar-refractivity contribution in [2.75, 3.05) is 42.6 Å². The maximum absolute atomic E-state index is 5.37. The van der Waals surface area contributed by atoms with E-state index >= 15 is 0 Å². The molecule has 0 amide bonds. The molecule has 0 spiro atoms. The van der Waals surface area contributed by atoms with Gasteiger partial charge in [0.25, 0.3) is 0 Å². The molecule has 1 atom stereocenters. The monoisotopic (exact) mass is 310 g/mol. The van der Waals surface area contributed by atoms with Crippen molar-refractivity contribution < 1.29 is 4.74 Å². The third-order valence-corrected chi connectivity index (χ3v) is 4.66. The minimum absolute atomic E-state index is 0.583. The highest BCUT2D eigenvalue weighted by molar-refractivity contribution is 5.60. The van der Waals surface area contributed by atoms with E-state index in [0.29, 0.717) is 5.92 Å². The van der Waals surface area contributed by atoms with Gasteiger partial charge in [-0.3, -0.25) is 0 Å². The molecule has 0 aliphatic carbocycles. The standard InChI is InChI=1S/C18H22N4O/c1-14-12-22(17-5-3-2-4-16(14)17)13-15-10-19-18(20-11-15)21-6-8-23-9-7-21/h2-5,10-11,14H,6-9,12-13H2,1H3. The Morgan fingerprint density at radius 1 is 1.13 bits per heavy atom. The normalized spacial score (nSPS) is 20.7. The Hall–Kier alpha value is -2.14. The van der Waals surface area contributed by atoms with Gasteiger partial charge in [0.2, 0.25) is 5.95 Å². The van der Waals surface area contributed by atoms with Crippen LogP contribution in [0.1, 0.15) is 24.0 Å². The van der Waals surface area contributed by atoms with Gasteiger partial charge in [0, 0.05) is 55.7 Å². The van der Waals surface area contributed by atoms with Crippen LogP contribution in [-0.2, 0) is 11.3 Å². The Morgan fingerprint density at radius 2 is 1.87 bits per heavy atom. The highest BCUT2D eigenvalue weighted by Crippen LogP contribution is 2.36. The van der Waals surface area contributed by atoms with Crippen LogP contribution in [0.5, 0.6) is 0 Å². The number of anilines is 2. The molecule has 2 aliphatic rings. The highest BCUT2D eigenvalue weighted by Gasteiger charge is 2.25. The third kappa shape index (κ3) is 2.88. The lowest BCUT2D eigenvalue weighted by Gasteiger charge is -2.26. The van der Waals surface area contributed by atoms with Crippen molar-refractivity contribution in [3.05, 3.63) is 47.8 Å². The molecule has 23 heavy (non-hydrogen) atoms. The van der Waals surface area contributed by atoms with E-state index in [1.807, 2.05) is 12.4 Å². The summed E-state index contributed by atoms with van der Waals surface area (Å²) in [6.45, 7) is 7.47. The number of morpholine rings is 1. The minimum Gasteiger partial charge on any atom is -0.378 e. The summed E-state index contributed by atoms with van der Waals surface area (Å²) in [4.78, 5) is 13.7. The first-order valence-electron chi connectivity index (χ1n) is 8.29. The largest absolute Gasteiger partial charge is 0.378 e. The molecule has 1 saturated heterocycles. The molecule has 5 nitrogen and oxygen atoms in total. The zero-order chi connectivity index (χ0) is 15.6. The van der Waals surface area contributed by atoms with E-state index in [9.17, 15) is 0 Å². The predicted molar refractivity (Wildman–Crippen MR) is 91.0 cm³/mol. The van der Waals surface area contributed by atoms with Crippen molar-refractivity contribution in [1.82, 2.24) is 9.97 Å². The average molecular weight is 310 g/mol. The van der Waals surface area contributed by atoms with E-state index in [1.54, 1.807) is 0 Å². The Kier molecular flexibility index (Phi) is 3.87. The molecule has 3 heterocycles. The van der Waals surface area contributed by atoms with Gasteiger partial charge < -0.3 is 14.5 Å². The molecule has 1 aromatic heterocycles. The molecule has 0 bridgehead atoms. The molecular formula is C18H22N4O. The molecular weight excluding hydrogens is 288 g/mol. The minimum atomic E-state index is 0.583. The first-order chi connectivity index (χ1) is 11.3. The van der Waals surface area contributed by atoms with Crippen molar-refractivity contribution in [2.45, 2.75) is 19.4 Å². The molecule has 1 aromatic carbocycles. The second kappa shape index (κ2) is 6.16. The van der Waals surface area contributed by atoms with Crippen molar-refractivity contribution in [2.24, 2.45) is 0 Å². The van der Waals surface area contributed by atoms with Gasteiger partial charge in [-0.25, -0.2) is 9.97 Å². The number of ether oxygens (including phenoxy) is 1. The number of para-hydroxylation sites is 1. The van der Waals surface area contributed by atoms with Crippen LogP contribution < -0.4 is 9.80 Å². The Bertz CT molecular complexity index is 667. The second-order valence-electron chi connectivity index (χ2n) is 6.33. The van der Waals surface area contributed by atoms with Crippen LogP contribution in [0, 0.1) is 0 Å². The molecule has 5 heteroatoms. The number of benzene rings is 1. The number of hydrogen-bond acceptors (Lipinski definition) is 5. The third-order valence-electron chi connectivity index (χ3n) is 4.66. The van der Waals surface area contributed by atoms with Crippen LogP contribution in [0.3, 0.4) is 0 Å². The van der Waals surface area contributed by atoms with Crippen LogP contribution in [0.25, 0.3) is 0 Å². The zero-order valence-corrected chi connectivity index (χ0v) is 13.5. The fraction of sp³-hybridized carbons (Fsp3) is 0.444. The van der Waals surface area contributed by atoms with E-state index in [4.69, 9.17) is 4.74 Å². The number of nitrogens with zero attached hydrogens (tertiary/aromatic N) is 4. The molecule has 2 aromatic rings. The van der Waals surface area contributed by atoms with Crippen molar-refractivity contribution in [3.63, 3.8) is 0 Å². The lowest BCUT2D eigenvalue weighted by molar-refractivity contribution is 0.122. The summed E-state index contributed by atoms with van der Waals surface area (Å²) in [6.07, 6.45) is 3.92. The van der Waals surface area contributed by atoms with Crippen LogP contribution in [0.2, 0.25) is 0 Å². The van der Waals surface area contributed by atoms with Crippen LogP contribution in [0.15, 0.2) is 36.7 Å². The second-order valence-corrected chi connectivity index (χ2v) is 6.33. The topological polar surface area (TPSA) is 41.5 Å². The highest BCUT2D eigenvalue weighted by atomic mass is 16.5. The molecule has 0 saturated carbocycles. The molecule has 0 N–H and O–H groups in total. The molecule has 1 fully saturated rings. The van der Waals surface area contributed by atoms with E-state index < -0.39 is 0 Å². The van der Waals surface area contributed by atoms with E-state index in [1.165, 1.54) is 11.3 Å². The summed E-state index contributed by atoms with van der Waals surface area (Å²) < 4.78 is 5.37. The Morgan fingerprint density at radius 3 is 2.65 bits per heavy atom. The van der Waals surface area contributed by atoms with Crippen molar-refractivity contribution >= 4 is 11.6 Å². The van der Waals surface area contributed by atoms with Crippen molar-refractivity contribution in [1.29, 1.82) is 0 Å². The van der Waals surface area contributed by atoms with Gasteiger partial charge in [0.05, 0.1) is 13.2 Å². The van der Waals surface area contributed by atoms with Crippen molar-refractivity contribution in [3.8, 4) is 0 Å². The van der Waals surface area contributed by atoms with Gasteiger partial charge >= 0.3 is 0 Å². The fourth-order valence-electron chi connectivity index (χ4n) is 3.45. The first-order valence-corrected chi connectivity index (χ1v) is 8.29. The quantitative estimate of drug-likeness (QED) is 0.871. The van der Waals surface area contributed by atoms with Gasteiger partial charge in [-0.05, 0) is 11.6 Å². The van der Waals surface area contributed by atoms with E-state index in [-0.39, 0.29) is 0 Å². The summed E-state index contributed by atoms with van der Waals surface area (Å²) in [7, 11) is 0. The summed E-state index contributed by atoms with van der Waals surface area (Å²) in [6, 6.07) is 8.68. The molecule has 2 aliphatic heterocycles. The van der Waals surface area contributed by atoms with Gasteiger partial charge in [0.15, 0.2) is 0 Å². The Labute approximate surface area is 136 Å². The average Bonchev–Trinajstić information content (AvgIpc) is 2.93. The van der Waals surface area contributed by atoms with Gasteiger partial charge in [-0.1, -0.05) is 25.1 Å². The Balaban J connectivity index is 1.47. The summed E-state index contributed by atoms with van der Waals surface area (Å²) in [5.41, 5.74) is 3.95. The smallest absolute Gasteiger partial charge is 0.225 e. The number of rotatable bonds is 3. The lowest BCUT2D eigenvalue weighted by Crippen LogP contribution is -2.37. The predicted octanol–water partition coefficient (Wildman–Crippen LogP) is 2.44. The van der Waals surface area contributed by atoms with Gasteiger partial charge in [-0.2, -0.15) is 0 Å². The fourth-order valence-corrected chi connectivity index (χ4v) is 3.45. The first kappa shape index (κ1) is 14.5. The zero-order valence-electron chi connectivity index (χ0n) is 13.5. The van der Waals surface area contributed by atoms with Crippen LogP contribution >= 0.6 is 0 Å². The lowest BCUT2D eigenvalue weighted by atomic mass is 10.0. The van der Waals surface area contributed by atoms with E-state index in [0.717, 1.165) is 50.9 Å². The van der Waals surface area contributed by atoms with Gasteiger partial charge in [-0.15, -0.1) is 0 Å². The maximum atomic E-state index is 5.37. The molecule has 0 radical (unpaired) electrons. The summed E-state index contributed by atoms with van der Waals surface area (Å²) in [5, 5.41) is 0. The van der Waals surface area contributed by atoms with E-state index in [2.05, 4.69) is 51.0 Å². The SMILES string of the molecule is CC1CN(Cc2cnc(N3CCOCC3)nc2)c2ccccc21. The molecule has 1 unspecified atom stereocenters. The number of aromatic nitrogens is 2. The molecule has 120 valence electrons. The number of hydrogen-bond donors (Lipinski definition) is 0. The van der Waals surface area contributed by atoms with Crippen LogP contribution in [-0.4, -0.2) is 42.8 Å². The van der Waals surface area contributed by atoms with Crippen LogP contribution in [0.4, 0.5) is 11.6 Å². The maximum Gasteiger partial charge on any atom is 0.225 e. The summed E-state index contributed by atoms with van der Waals surface area (Å²) in [5.74, 6) is 1.40. The van der Waals surface area contributed by atoms with Gasteiger partial charge in [0.1, 0.15) is 0 Å². The number of fused-ring (bicyclic) bond motifs is 1.